The van der Waals surface area contributed by atoms with Crippen LogP contribution in [0.1, 0.15) is 27.9 Å². The van der Waals surface area contributed by atoms with Gasteiger partial charge in [-0.3, -0.25) is 14.9 Å². The molecule has 0 aliphatic rings. The third-order valence-electron chi connectivity index (χ3n) is 5.38. The Bertz CT molecular complexity index is 1580. The second kappa shape index (κ2) is 11.9. The van der Waals surface area contributed by atoms with Crippen LogP contribution >= 0.6 is 15.9 Å². The third-order valence-corrected chi connectivity index (χ3v) is 5.91. The lowest BCUT2D eigenvalue weighted by molar-refractivity contribution is -0.384. The van der Waals surface area contributed by atoms with Gasteiger partial charge in [-0.2, -0.15) is 0 Å². The monoisotopic (exact) mass is 617 g/mol. The molecule has 1 atom stereocenters. The van der Waals surface area contributed by atoms with E-state index in [1.807, 2.05) is 19.1 Å². The smallest absolute Gasteiger partial charge is 0.474 e. The van der Waals surface area contributed by atoms with Gasteiger partial charge in [-0.15, -0.1) is 0 Å². The number of amides is 1. The van der Waals surface area contributed by atoms with Gasteiger partial charge in [0.15, 0.2) is 16.2 Å². The number of hydrogen-bond acceptors (Lipinski definition) is 9. The first-order valence-corrected chi connectivity index (χ1v) is 12.1. The number of nitro groups is 1. The number of oxazole rings is 1. The van der Waals surface area contributed by atoms with E-state index in [0.29, 0.717) is 11.3 Å². The quantitative estimate of drug-likeness (QED) is 0.102. The molecule has 0 saturated heterocycles. The maximum Gasteiger partial charge on any atom is 0.513 e. The van der Waals surface area contributed by atoms with E-state index >= 15 is 0 Å². The first kappa shape index (κ1) is 28.2. The summed E-state index contributed by atoms with van der Waals surface area (Å²) in [6, 6.07) is 13.6. The van der Waals surface area contributed by atoms with E-state index in [4.69, 9.17) is 24.4 Å². The number of non-ortho nitro benzene ring substituents is 1. The Balaban J connectivity index is 1.60. The molecule has 2 N–H and O–H groups in total. The van der Waals surface area contributed by atoms with Gasteiger partial charge in [0, 0.05) is 17.7 Å². The summed E-state index contributed by atoms with van der Waals surface area (Å²) in [6.45, 7) is 1.26. The van der Waals surface area contributed by atoms with E-state index in [2.05, 4.69) is 20.9 Å². The molecule has 206 valence electrons. The molecule has 3 aromatic carbocycles. The Kier molecular flexibility index (Phi) is 8.38. The molecule has 4 aromatic rings. The van der Waals surface area contributed by atoms with Crippen molar-refractivity contribution in [1.29, 1.82) is 0 Å². The van der Waals surface area contributed by atoms with Gasteiger partial charge >= 0.3 is 6.16 Å². The van der Waals surface area contributed by atoms with Gasteiger partial charge in [0.25, 0.3) is 11.6 Å². The van der Waals surface area contributed by atoms with Crippen molar-refractivity contribution in [2.45, 2.75) is 13.0 Å². The van der Waals surface area contributed by atoms with Crippen molar-refractivity contribution < 1.29 is 41.9 Å². The lowest BCUT2D eigenvalue weighted by Crippen LogP contribution is -2.21. The number of hydrogen-bond donors (Lipinski definition) is 1. The molecular formula is C26H18BrF2N3O8. The highest BCUT2D eigenvalue weighted by Gasteiger charge is 2.28. The Labute approximate surface area is 232 Å². The Morgan fingerprint density at radius 1 is 1.10 bits per heavy atom. The predicted molar refractivity (Wildman–Crippen MR) is 138 cm³/mol. The van der Waals surface area contributed by atoms with Crippen LogP contribution in [0.5, 0.6) is 11.5 Å². The zero-order chi connectivity index (χ0) is 29.0. The van der Waals surface area contributed by atoms with Crippen LogP contribution in [-0.2, 0) is 4.74 Å². The van der Waals surface area contributed by atoms with E-state index in [1.54, 1.807) is 12.1 Å². The van der Waals surface area contributed by atoms with Crippen LogP contribution < -0.4 is 15.2 Å². The summed E-state index contributed by atoms with van der Waals surface area (Å²) < 4.78 is 50.5. The SMILES string of the molecule is Cc1ccc(-c2nc(C(COC(=O)Oc3ccc([N+](=O)[O-])cc3)Oc3ccc(F)c(C(N)=O)c3F)oc2Br)cc1. The Morgan fingerprint density at radius 2 is 1.77 bits per heavy atom. The van der Waals surface area contributed by atoms with Crippen LogP contribution in [0.25, 0.3) is 11.3 Å². The second-order valence-electron chi connectivity index (χ2n) is 8.16. The molecule has 0 saturated carbocycles. The number of primary amides is 1. The zero-order valence-electron chi connectivity index (χ0n) is 20.4. The van der Waals surface area contributed by atoms with Crippen molar-refractivity contribution in [3.63, 3.8) is 0 Å². The van der Waals surface area contributed by atoms with Crippen molar-refractivity contribution in [3.8, 4) is 22.8 Å². The highest BCUT2D eigenvalue weighted by atomic mass is 79.9. The molecule has 1 aromatic heterocycles. The van der Waals surface area contributed by atoms with Crippen LogP contribution in [0.4, 0.5) is 19.3 Å². The molecule has 40 heavy (non-hydrogen) atoms. The van der Waals surface area contributed by atoms with E-state index in [-0.39, 0.29) is 22.0 Å². The molecule has 1 unspecified atom stereocenters. The number of nitrogens with zero attached hydrogens (tertiary/aromatic N) is 2. The van der Waals surface area contributed by atoms with Crippen LogP contribution in [0, 0.1) is 28.7 Å². The van der Waals surface area contributed by atoms with Crippen molar-refractivity contribution >= 4 is 33.7 Å². The number of nitro benzene ring substituents is 1. The minimum atomic E-state index is -1.42. The number of benzene rings is 3. The molecule has 4 rings (SSSR count). The topological polar surface area (TPSA) is 157 Å². The summed E-state index contributed by atoms with van der Waals surface area (Å²) in [5, 5.41) is 10.8. The summed E-state index contributed by atoms with van der Waals surface area (Å²) in [4.78, 5) is 38.4. The van der Waals surface area contributed by atoms with Gasteiger partial charge in [0.2, 0.25) is 12.0 Å². The highest BCUT2D eigenvalue weighted by molar-refractivity contribution is 9.10. The predicted octanol–water partition coefficient (Wildman–Crippen LogP) is 6.03. The number of ether oxygens (including phenoxy) is 3. The average Bonchev–Trinajstić information content (AvgIpc) is 3.29. The summed E-state index contributed by atoms with van der Waals surface area (Å²) in [5.74, 6) is -4.76. The van der Waals surface area contributed by atoms with Gasteiger partial charge in [-0.1, -0.05) is 29.8 Å². The van der Waals surface area contributed by atoms with Crippen LogP contribution in [0.15, 0.2) is 69.8 Å². The second-order valence-corrected chi connectivity index (χ2v) is 8.88. The van der Waals surface area contributed by atoms with Crippen molar-refractivity contribution in [2.24, 2.45) is 5.73 Å². The highest BCUT2D eigenvalue weighted by Crippen LogP contribution is 2.34. The van der Waals surface area contributed by atoms with Crippen LogP contribution in [-0.4, -0.2) is 28.6 Å². The van der Waals surface area contributed by atoms with Gasteiger partial charge in [-0.25, -0.2) is 18.6 Å². The fourth-order valence-electron chi connectivity index (χ4n) is 3.41. The molecule has 0 radical (unpaired) electrons. The van der Waals surface area contributed by atoms with Crippen molar-refractivity contribution in [3.05, 3.63) is 104 Å². The Hall–Kier alpha value is -4.85. The van der Waals surface area contributed by atoms with E-state index in [9.17, 15) is 28.5 Å². The van der Waals surface area contributed by atoms with Crippen molar-refractivity contribution in [2.75, 3.05) is 6.61 Å². The lowest BCUT2D eigenvalue weighted by atomic mass is 10.1. The summed E-state index contributed by atoms with van der Waals surface area (Å²) in [6.07, 6.45) is -2.65. The van der Waals surface area contributed by atoms with Crippen LogP contribution in [0.3, 0.4) is 0 Å². The maximum absolute atomic E-state index is 14.9. The molecule has 11 nitrogen and oxygen atoms in total. The largest absolute Gasteiger partial charge is 0.513 e. The number of aryl methyl sites for hydroxylation is 1. The molecule has 0 fully saturated rings. The zero-order valence-corrected chi connectivity index (χ0v) is 22.0. The Morgan fingerprint density at radius 3 is 2.40 bits per heavy atom. The van der Waals surface area contributed by atoms with Gasteiger partial charge in [0.05, 0.1) is 4.92 Å². The minimum Gasteiger partial charge on any atom is -0.474 e. The number of halogens is 3. The van der Waals surface area contributed by atoms with Crippen LogP contribution in [0.2, 0.25) is 0 Å². The molecule has 1 heterocycles. The average molecular weight is 618 g/mol. The maximum atomic E-state index is 14.9. The minimum absolute atomic E-state index is 0.0516. The first-order chi connectivity index (χ1) is 19.0. The first-order valence-electron chi connectivity index (χ1n) is 11.3. The van der Waals surface area contributed by atoms with E-state index < -0.39 is 52.6 Å². The number of aromatic nitrogens is 1. The number of nitrogens with two attached hydrogens (primary N) is 1. The van der Waals surface area contributed by atoms with E-state index in [1.165, 1.54) is 12.1 Å². The molecular weight excluding hydrogens is 600 g/mol. The van der Waals surface area contributed by atoms with E-state index in [0.717, 1.165) is 29.8 Å². The third kappa shape index (κ3) is 6.40. The van der Waals surface area contributed by atoms with Gasteiger partial charge in [-0.05, 0) is 47.1 Å². The fraction of sp³-hybridized carbons (Fsp3) is 0.115. The molecule has 0 bridgehead atoms. The summed E-state index contributed by atoms with van der Waals surface area (Å²) >= 11 is 3.27. The summed E-state index contributed by atoms with van der Waals surface area (Å²) in [7, 11) is 0. The molecule has 0 spiro atoms. The number of rotatable bonds is 9. The summed E-state index contributed by atoms with van der Waals surface area (Å²) in [5.41, 5.74) is 5.86. The normalized spacial score (nSPS) is 11.5. The fourth-order valence-corrected chi connectivity index (χ4v) is 3.89. The van der Waals surface area contributed by atoms with Crippen molar-refractivity contribution in [1.82, 2.24) is 4.98 Å². The molecule has 1 amide bonds. The lowest BCUT2D eigenvalue weighted by Gasteiger charge is -2.17. The number of carbonyl (C=O) groups excluding carboxylic acids is 2. The van der Waals surface area contributed by atoms with Gasteiger partial charge < -0.3 is 24.4 Å². The standard InChI is InChI=1S/C26H18BrF2N3O8/c1-13-2-4-14(5-3-13)22-23(27)40-25(31-22)19(39-18-11-10-17(28)20(21(18)29)24(30)33)12-37-26(34)38-16-8-6-15(7-9-16)32(35)36/h2-11,19H,12H2,1H3,(H2,30,33). The molecule has 0 aliphatic heterocycles. The number of carbonyl (C=O) groups is 2. The van der Waals surface area contributed by atoms with Gasteiger partial charge in [0.1, 0.15) is 29.4 Å². The molecule has 14 heteroatoms. The molecule has 0 aliphatic carbocycles.